The topological polar surface area (TPSA) is 35.2 Å². The molecule has 0 atom stereocenters. The van der Waals surface area contributed by atoms with E-state index in [1.54, 1.807) is 0 Å². The molecule has 0 spiro atoms. The Balaban J connectivity index is 1.98. The lowest BCUT2D eigenvalue weighted by Gasteiger charge is -2.09. The third-order valence-electron chi connectivity index (χ3n) is 3.50. The molecule has 0 saturated carbocycles. The molecule has 0 radical (unpaired) electrons. The van der Waals surface area contributed by atoms with Crippen molar-refractivity contribution in [3.8, 4) is 5.75 Å². The minimum Gasteiger partial charge on any atom is -0.493 e. The SMILES string of the molecule is C=CCCCCCCCCCOc1ccccc1CN. The Bertz CT molecular complexity index is 362. The molecule has 0 bridgehead atoms. The Morgan fingerprint density at radius 1 is 0.950 bits per heavy atom. The Kier molecular flexibility index (Phi) is 9.68. The summed E-state index contributed by atoms with van der Waals surface area (Å²) in [7, 11) is 0. The number of benzene rings is 1. The molecular formula is C18H29NO. The Labute approximate surface area is 124 Å². The predicted octanol–water partition coefficient (Wildman–Crippen LogP) is 4.83. The molecule has 2 nitrogen and oxygen atoms in total. The fraction of sp³-hybridized carbons (Fsp3) is 0.556. The number of unbranched alkanes of at least 4 members (excludes halogenated alkanes) is 7. The largest absolute Gasteiger partial charge is 0.493 e. The number of para-hydroxylation sites is 1. The first-order valence-electron chi connectivity index (χ1n) is 7.90. The monoisotopic (exact) mass is 275 g/mol. The molecule has 2 N–H and O–H groups in total. The predicted molar refractivity (Wildman–Crippen MR) is 87.0 cm³/mol. The molecule has 1 aromatic carbocycles. The average Bonchev–Trinajstić information content (AvgIpc) is 2.49. The van der Waals surface area contributed by atoms with Crippen LogP contribution in [0.15, 0.2) is 36.9 Å². The maximum atomic E-state index is 5.80. The highest BCUT2D eigenvalue weighted by Crippen LogP contribution is 2.17. The number of hydrogen-bond acceptors (Lipinski definition) is 2. The fourth-order valence-corrected chi connectivity index (χ4v) is 2.27. The first kappa shape index (κ1) is 16.8. The summed E-state index contributed by atoms with van der Waals surface area (Å²) in [5.41, 5.74) is 6.78. The second-order valence-corrected chi connectivity index (χ2v) is 5.21. The highest BCUT2D eigenvalue weighted by Gasteiger charge is 2.00. The molecule has 0 aliphatic carbocycles. The van der Waals surface area contributed by atoms with Gasteiger partial charge in [0.2, 0.25) is 0 Å². The molecule has 0 aliphatic heterocycles. The standard InChI is InChI=1S/C18H29NO/c1-2-3-4-5-6-7-8-9-12-15-20-18-14-11-10-13-17(18)16-19/h2,10-11,13-14H,1,3-9,12,15-16,19H2. The van der Waals surface area contributed by atoms with Gasteiger partial charge in [0.05, 0.1) is 6.61 Å². The maximum Gasteiger partial charge on any atom is 0.123 e. The van der Waals surface area contributed by atoms with Gasteiger partial charge in [-0.05, 0) is 25.3 Å². The van der Waals surface area contributed by atoms with Crippen LogP contribution in [0, 0.1) is 0 Å². The highest BCUT2D eigenvalue weighted by atomic mass is 16.5. The third kappa shape index (κ3) is 7.34. The zero-order chi connectivity index (χ0) is 14.5. The van der Waals surface area contributed by atoms with Crippen LogP contribution in [0.1, 0.15) is 56.9 Å². The van der Waals surface area contributed by atoms with Crippen LogP contribution in [0.25, 0.3) is 0 Å². The zero-order valence-electron chi connectivity index (χ0n) is 12.7. The number of ether oxygens (including phenoxy) is 1. The minimum atomic E-state index is 0.543. The van der Waals surface area contributed by atoms with Gasteiger partial charge >= 0.3 is 0 Å². The lowest BCUT2D eigenvalue weighted by atomic mass is 10.1. The van der Waals surface area contributed by atoms with Crippen LogP contribution in [0.2, 0.25) is 0 Å². The molecule has 1 rings (SSSR count). The van der Waals surface area contributed by atoms with Crippen LogP contribution in [0.3, 0.4) is 0 Å². The van der Waals surface area contributed by atoms with E-state index < -0.39 is 0 Å². The summed E-state index contributed by atoms with van der Waals surface area (Å²) in [6.45, 7) is 5.09. The van der Waals surface area contributed by atoms with E-state index in [0.29, 0.717) is 6.54 Å². The van der Waals surface area contributed by atoms with Gasteiger partial charge in [-0.2, -0.15) is 0 Å². The van der Waals surface area contributed by atoms with Crippen LogP contribution < -0.4 is 10.5 Å². The van der Waals surface area contributed by atoms with Crippen molar-refractivity contribution < 1.29 is 4.74 Å². The van der Waals surface area contributed by atoms with E-state index >= 15 is 0 Å². The summed E-state index contributed by atoms with van der Waals surface area (Å²) in [5, 5.41) is 0. The summed E-state index contributed by atoms with van der Waals surface area (Å²) in [6.07, 6.45) is 12.2. The molecule has 0 unspecified atom stereocenters. The summed E-state index contributed by atoms with van der Waals surface area (Å²) < 4.78 is 5.80. The second-order valence-electron chi connectivity index (χ2n) is 5.21. The molecule has 112 valence electrons. The Morgan fingerprint density at radius 3 is 2.30 bits per heavy atom. The van der Waals surface area contributed by atoms with Gasteiger partial charge in [-0.3, -0.25) is 0 Å². The molecule has 0 saturated heterocycles. The third-order valence-corrected chi connectivity index (χ3v) is 3.50. The molecule has 1 aromatic rings. The van der Waals surface area contributed by atoms with Crippen LogP contribution in [-0.2, 0) is 6.54 Å². The van der Waals surface area contributed by atoms with Crippen LogP contribution in [-0.4, -0.2) is 6.61 Å². The molecular weight excluding hydrogens is 246 g/mol. The van der Waals surface area contributed by atoms with Gasteiger partial charge in [-0.15, -0.1) is 6.58 Å². The van der Waals surface area contributed by atoms with Crippen molar-refractivity contribution in [3.05, 3.63) is 42.5 Å². The van der Waals surface area contributed by atoms with Crippen molar-refractivity contribution in [1.29, 1.82) is 0 Å². The van der Waals surface area contributed by atoms with Crippen molar-refractivity contribution in [1.82, 2.24) is 0 Å². The molecule has 2 heteroatoms. The normalized spacial score (nSPS) is 10.4. The minimum absolute atomic E-state index is 0.543. The smallest absolute Gasteiger partial charge is 0.123 e. The number of nitrogens with two attached hydrogens (primary N) is 1. The number of hydrogen-bond donors (Lipinski definition) is 1. The van der Waals surface area contributed by atoms with Crippen LogP contribution in [0.4, 0.5) is 0 Å². The van der Waals surface area contributed by atoms with Crippen molar-refractivity contribution in [2.24, 2.45) is 5.73 Å². The lowest BCUT2D eigenvalue weighted by molar-refractivity contribution is 0.301. The summed E-state index contributed by atoms with van der Waals surface area (Å²) >= 11 is 0. The second kappa shape index (κ2) is 11.5. The fourth-order valence-electron chi connectivity index (χ4n) is 2.27. The van der Waals surface area contributed by atoms with E-state index in [2.05, 4.69) is 6.58 Å². The van der Waals surface area contributed by atoms with Gasteiger partial charge in [0.15, 0.2) is 0 Å². The molecule has 0 heterocycles. The van der Waals surface area contributed by atoms with Gasteiger partial charge in [0.1, 0.15) is 5.75 Å². The van der Waals surface area contributed by atoms with Gasteiger partial charge in [0, 0.05) is 12.1 Å². The number of allylic oxidation sites excluding steroid dienone is 1. The molecule has 0 fully saturated rings. The summed E-state index contributed by atoms with van der Waals surface area (Å²) in [4.78, 5) is 0. The van der Waals surface area contributed by atoms with Gasteiger partial charge < -0.3 is 10.5 Å². The average molecular weight is 275 g/mol. The van der Waals surface area contributed by atoms with E-state index in [1.807, 2.05) is 30.3 Å². The Hall–Kier alpha value is -1.28. The quantitative estimate of drug-likeness (QED) is 0.438. The van der Waals surface area contributed by atoms with E-state index in [1.165, 1.54) is 38.5 Å². The first-order valence-corrected chi connectivity index (χ1v) is 7.90. The van der Waals surface area contributed by atoms with Crippen LogP contribution >= 0.6 is 0 Å². The number of rotatable bonds is 12. The summed E-state index contributed by atoms with van der Waals surface area (Å²) in [6, 6.07) is 8.03. The van der Waals surface area contributed by atoms with Crippen molar-refractivity contribution in [2.75, 3.05) is 6.61 Å². The van der Waals surface area contributed by atoms with Gasteiger partial charge in [-0.25, -0.2) is 0 Å². The van der Waals surface area contributed by atoms with Crippen LogP contribution in [0.5, 0.6) is 5.75 Å². The Morgan fingerprint density at radius 2 is 1.60 bits per heavy atom. The van der Waals surface area contributed by atoms with Gasteiger partial charge in [0.25, 0.3) is 0 Å². The summed E-state index contributed by atoms with van der Waals surface area (Å²) in [5.74, 6) is 0.944. The molecule has 0 amide bonds. The first-order chi connectivity index (χ1) is 9.88. The van der Waals surface area contributed by atoms with Crippen molar-refractivity contribution in [3.63, 3.8) is 0 Å². The molecule has 0 aromatic heterocycles. The van der Waals surface area contributed by atoms with E-state index in [-0.39, 0.29) is 0 Å². The van der Waals surface area contributed by atoms with Crippen molar-refractivity contribution in [2.45, 2.75) is 57.9 Å². The molecule has 0 aliphatic rings. The van der Waals surface area contributed by atoms with Gasteiger partial charge in [-0.1, -0.05) is 56.4 Å². The van der Waals surface area contributed by atoms with E-state index in [4.69, 9.17) is 10.5 Å². The zero-order valence-corrected chi connectivity index (χ0v) is 12.7. The van der Waals surface area contributed by atoms with E-state index in [0.717, 1.165) is 30.8 Å². The lowest BCUT2D eigenvalue weighted by Crippen LogP contribution is -2.03. The maximum absolute atomic E-state index is 5.80. The highest BCUT2D eigenvalue weighted by molar-refractivity contribution is 5.32. The van der Waals surface area contributed by atoms with Crippen molar-refractivity contribution >= 4 is 0 Å². The molecule has 20 heavy (non-hydrogen) atoms. The van der Waals surface area contributed by atoms with E-state index in [9.17, 15) is 0 Å².